The van der Waals surface area contributed by atoms with Crippen LogP contribution in [0.1, 0.15) is 83.4 Å². The zero-order valence-corrected chi connectivity index (χ0v) is 42.0. The monoisotopic (exact) mass is 983 g/mol. The first-order chi connectivity index (χ1) is 34.2. The number of amides is 3. The molecule has 4 aromatic carbocycles. The smallest absolute Gasteiger partial charge is 0.295 e. The molecule has 0 unspecified atom stereocenters. The number of rotatable bonds is 23. The van der Waals surface area contributed by atoms with Crippen molar-refractivity contribution in [2.45, 2.75) is 79.9 Å². The van der Waals surface area contributed by atoms with Crippen molar-refractivity contribution >= 4 is 51.1 Å². The predicted octanol–water partition coefficient (Wildman–Crippen LogP) is 7.20. The molecule has 3 aromatic heterocycles. The summed E-state index contributed by atoms with van der Waals surface area (Å²) < 4.78 is 15.9. The number of carbonyl (C=O) groups is 3. The Morgan fingerprint density at radius 1 is 0.761 bits per heavy atom. The first-order valence-electron chi connectivity index (χ1n) is 24.0. The first-order valence-corrected chi connectivity index (χ1v) is 24.4. The number of benzene rings is 4. The predicted molar refractivity (Wildman–Crippen MR) is 275 cm³/mol. The van der Waals surface area contributed by atoms with Crippen LogP contribution in [0.2, 0.25) is 5.02 Å². The Balaban J connectivity index is 0.859. The maximum Gasteiger partial charge on any atom is 0.295 e. The molecule has 0 spiro atoms. The highest BCUT2D eigenvalue weighted by atomic mass is 35.5. The Morgan fingerprint density at radius 2 is 1.45 bits per heavy atom. The lowest BCUT2D eigenvalue weighted by Gasteiger charge is -2.35. The van der Waals surface area contributed by atoms with Crippen molar-refractivity contribution in [1.82, 2.24) is 44.6 Å². The van der Waals surface area contributed by atoms with Gasteiger partial charge >= 0.3 is 0 Å². The fourth-order valence-corrected chi connectivity index (χ4v) is 8.77. The number of carbonyl (C=O) groups excluding carboxylic acids is 3. The second-order valence-electron chi connectivity index (χ2n) is 18.1. The molecule has 16 nitrogen and oxygen atoms in total. The molecule has 0 saturated carbocycles. The third kappa shape index (κ3) is 13.1. The van der Waals surface area contributed by atoms with Gasteiger partial charge in [-0.3, -0.25) is 28.5 Å². The van der Waals surface area contributed by atoms with Gasteiger partial charge in [-0.1, -0.05) is 91.2 Å². The molecule has 1 atom stereocenters. The Labute approximate surface area is 417 Å². The molecular weight excluding hydrogens is 922 g/mol. The van der Waals surface area contributed by atoms with E-state index in [4.69, 9.17) is 26.1 Å². The number of fused-ring (bicyclic) bond motifs is 2. The highest BCUT2D eigenvalue weighted by molar-refractivity contribution is 6.31. The largest absolute Gasteiger partial charge is 0.377 e. The van der Waals surface area contributed by atoms with Crippen LogP contribution in [-0.4, -0.2) is 97.8 Å². The second-order valence-corrected chi connectivity index (χ2v) is 18.5. The van der Waals surface area contributed by atoms with Gasteiger partial charge in [0, 0.05) is 43.2 Å². The second kappa shape index (κ2) is 24.2. The van der Waals surface area contributed by atoms with E-state index >= 15 is 0 Å². The molecule has 0 aliphatic rings. The lowest BCUT2D eigenvalue weighted by Crippen LogP contribution is -2.43. The van der Waals surface area contributed by atoms with Crippen LogP contribution in [0.3, 0.4) is 0 Å². The summed E-state index contributed by atoms with van der Waals surface area (Å²) in [6.07, 6.45) is 1.03. The fraction of sp³-hybridized carbons (Fsp3) is 0.370. The van der Waals surface area contributed by atoms with Crippen LogP contribution < -0.4 is 21.8 Å². The number of aromatic nitrogens is 6. The molecule has 0 saturated heterocycles. The van der Waals surface area contributed by atoms with Gasteiger partial charge in [0.15, 0.2) is 5.52 Å². The van der Waals surface area contributed by atoms with E-state index in [0.29, 0.717) is 51.4 Å². The average molecular weight is 985 g/mol. The number of ether oxygens (including phenoxy) is 2. The lowest BCUT2D eigenvalue weighted by molar-refractivity contribution is -0.126. The van der Waals surface area contributed by atoms with Crippen LogP contribution in [0.15, 0.2) is 107 Å². The van der Waals surface area contributed by atoms with Crippen molar-refractivity contribution in [3.63, 3.8) is 0 Å². The maximum absolute atomic E-state index is 14.5. The fourth-order valence-electron chi connectivity index (χ4n) is 8.61. The van der Waals surface area contributed by atoms with Crippen molar-refractivity contribution in [1.29, 1.82) is 0 Å². The summed E-state index contributed by atoms with van der Waals surface area (Å²) in [6, 6.07) is 29.4. The highest BCUT2D eigenvalue weighted by Gasteiger charge is 2.33. The Morgan fingerprint density at radius 3 is 2.17 bits per heavy atom. The molecule has 0 bridgehead atoms. The first kappa shape index (κ1) is 51.8. The molecule has 2 N–H and O–H groups in total. The lowest BCUT2D eigenvalue weighted by atomic mass is 9.98. The summed E-state index contributed by atoms with van der Waals surface area (Å²) >= 11 is 6.40. The van der Waals surface area contributed by atoms with Crippen molar-refractivity contribution in [3.05, 3.63) is 162 Å². The number of halogens is 1. The number of hydrogen-bond acceptors (Lipinski definition) is 10. The Bertz CT molecular complexity index is 3100. The van der Waals surface area contributed by atoms with Gasteiger partial charge < -0.3 is 25.0 Å². The standard InChI is InChI=1S/C54H62ClN9O7/c1-35(2)50(51-58-45-32-42(55)21-24-44(45)53(68)62(51)33-40-12-8-7-9-13-40)61(52(67)41-19-15-36(3)16-20-41)27-11-25-56-47(66)34-71-31-30-70-29-26-57-46(65)14-10-28-63-54(69)49-48(38(5)59-63)39(6)64(60-49)43-22-17-37(4)18-23-43/h7-9,12-13,15-24,32,35,50H,10-11,14,25-31,33-34H2,1-6H3,(H,56,66)(H,57,65)/t50-/m1/s1. The summed E-state index contributed by atoms with van der Waals surface area (Å²) in [5.41, 5.74) is 6.21. The van der Waals surface area contributed by atoms with E-state index in [9.17, 15) is 24.0 Å². The maximum atomic E-state index is 14.5. The summed E-state index contributed by atoms with van der Waals surface area (Å²) in [6.45, 7) is 13.5. The van der Waals surface area contributed by atoms with Crippen molar-refractivity contribution in [2.24, 2.45) is 5.92 Å². The molecule has 0 aliphatic heterocycles. The van der Waals surface area contributed by atoms with E-state index < -0.39 is 6.04 Å². The van der Waals surface area contributed by atoms with E-state index in [1.807, 2.05) is 108 Å². The normalized spacial score (nSPS) is 11.9. The SMILES string of the molecule is Cc1ccc(C(=O)N(CCCNC(=O)COCCOCCNC(=O)CCCn2nc(C)c3c(C)n(-c4ccc(C)cc4)nc3c2=O)[C@@H](c2nc3cc(Cl)ccc3c(=O)n2Cc2ccccc2)C(C)C)cc1. The third-order valence-corrected chi connectivity index (χ3v) is 12.5. The van der Waals surface area contributed by atoms with Crippen LogP contribution in [0.5, 0.6) is 0 Å². The number of hydrogen-bond donors (Lipinski definition) is 2. The summed E-state index contributed by atoms with van der Waals surface area (Å²) in [7, 11) is 0. The van der Waals surface area contributed by atoms with E-state index in [-0.39, 0.29) is 100 Å². The summed E-state index contributed by atoms with van der Waals surface area (Å²) in [4.78, 5) is 74.3. The van der Waals surface area contributed by atoms with Gasteiger partial charge in [-0.05, 0) is 94.5 Å². The number of nitrogens with one attached hydrogen (secondary N) is 2. The molecule has 372 valence electrons. The van der Waals surface area contributed by atoms with Gasteiger partial charge in [-0.25, -0.2) is 14.3 Å². The summed E-state index contributed by atoms with van der Waals surface area (Å²) in [5, 5.41) is 16.5. The van der Waals surface area contributed by atoms with Gasteiger partial charge in [0.1, 0.15) is 12.4 Å². The molecule has 7 aromatic rings. The molecular formula is C54H62ClN9O7. The van der Waals surface area contributed by atoms with Crippen molar-refractivity contribution in [3.8, 4) is 5.69 Å². The van der Waals surface area contributed by atoms with Crippen molar-refractivity contribution in [2.75, 3.05) is 46.1 Å². The minimum absolute atomic E-state index is 0.166. The quantitative estimate of drug-likeness (QED) is 0.0622. The summed E-state index contributed by atoms with van der Waals surface area (Å²) in [5.74, 6) is -0.445. The van der Waals surface area contributed by atoms with Gasteiger partial charge in [0.05, 0.1) is 65.8 Å². The van der Waals surface area contributed by atoms with Crippen LogP contribution in [0, 0.1) is 33.6 Å². The van der Waals surface area contributed by atoms with Crippen LogP contribution in [-0.2, 0) is 32.2 Å². The molecule has 3 heterocycles. The van der Waals surface area contributed by atoms with Gasteiger partial charge in [0.2, 0.25) is 11.8 Å². The molecule has 0 aliphatic carbocycles. The highest BCUT2D eigenvalue weighted by Crippen LogP contribution is 2.31. The Hall–Kier alpha value is -7.01. The number of aryl methyl sites for hydroxylation is 5. The van der Waals surface area contributed by atoms with Crippen LogP contribution in [0.25, 0.3) is 27.5 Å². The van der Waals surface area contributed by atoms with Gasteiger partial charge in [-0.15, -0.1) is 0 Å². The molecule has 71 heavy (non-hydrogen) atoms. The Kier molecular flexibility index (Phi) is 17.7. The average Bonchev–Trinajstić information content (AvgIpc) is 3.71. The van der Waals surface area contributed by atoms with E-state index in [1.54, 1.807) is 44.5 Å². The molecule has 17 heteroatoms. The molecule has 3 amide bonds. The zero-order chi connectivity index (χ0) is 50.6. The zero-order valence-electron chi connectivity index (χ0n) is 41.2. The minimum Gasteiger partial charge on any atom is -0.377 e. The number of nitrogens with zero attached hydrogens (tertiary/aromatic N) is 7. The van der Waals surface area contributed by atoms with E-state index in [2.05, 4.69) is 20.8 Å². The molecule has 7 rings (SSSR count). The molecule has 0 fully saturated rings. The third-order valence-electron chi connectivity index (χ3n) is 12.2. The topological polar surface area (TPSA) is 185 Å². The van der Waals surface area contributed by atoms with E-state index in [1.165, 1.54) is 4.68 Å². The minimum atomic E-state index is -0.621. The van der Waals surface area contributed by atoms with Gasteiger partial charge in [0.25, 0.3) is 17.0 Å². The van der Waals surface area contributed by atoms with Crippen LogP contribution >= 0.6 is 11.6 Å². The van der Waals surface area contributed by atoms with Crippen molar-refractivity contribution < 1.29 is 23.9 Å². The van der Waals surface area contributed by atoms with E-state index in [0.717, 1.165) is 33.5 Å². The molecule has 0 radical (unpaired) electrons. The van der Waals surface area contributed by atoms with Gasteiger partial charge in [-0.2, -0.15) is 10.2 Å². The van der Waals surface area contributed by atoms with Crippen LogP contribution in [0.4, 0.5) is 0 Å².